The standard InChI is InChI=1S/C8H12N2O3/c1-3-5-9-8(13)10(6-11)7(12)4-2/h3-4,6-7,12H,1-2,5H2,(H,9,13). The molecule has 0 aliphatic carbocycles. The third kappa shape index (κ3) is 3.53. The van der Waals surface area contributed by atoms with Gasteiger partial charge in [0.1, 0.15) is 0 Å². The average Bonchev–Trinajstić information content (AvgIpc) is 2.15. The highest BCUT2D eigenvalue weighted by Gasteiger charge is 2.17. The third-order valence-electron chi connectivity index (χ3n) is 1.24. The fraction of sp³-hybridized carbons (Fsp3) is 0.250. The Balaban J connectivity index is 4.21. The lowest BCUT2D eigenvalue weighted by atomic mass is 10.5. The number of hydrogen-bond acceptors (Lipinski definition) is 3. The number of carbonyl (C=O) groups excluding carboxylic acids is 2. The van der Waals surface area contributed by atoms with Crippen molar-refractivity contribution in [3.05, 3.63) is 25.3 Å². The Morgan fingerprint density at radius 2 is 2.23 bits per heavy atom. The molecule has 13 heavy (non-hydrogen) atoms. The van der Waals surface area contributed by atoms with E-state index >= 15 is 0 Å². The van der Waals surface area contributed by atoms with Crippen LogP contribution in [-0.4, -0.2) is 35.2 Å². The highest BCUT2D eigenvalue weighted by Crippen LogP contribution is 1.93. The largest absolute Gasteiger partial charge is 0.369 e. The molecule has 0 aliphatic rings. The molecule has 1 atom stereocenters. The number of rotatable bonds is 5. The van der Waals surface area contributed by atoms with Gasteiger partial charge in [0, 0.05) is 6.54 Å². The van der Waals surface area contributed by atoms with Crippen LogP contribution in [-0.2, 0) is 4.79 Å². The van der Waals surface area contributed by atoms with Gasteiger partial charge in [0.05, 0.1) is 0 Å². The van der Waals surface area contributed by atoms with Gasteiger partial charge in [0.15, 0.2) is 6.23 Å². The van der Waals surface area contributed by atoms with E-state index in [0.29, 0.717) is 4.90 Å². The predicted molar refractivity (Wildman–Crippen MR) is 47.7 cm³/mol. The fourth-order valence-corrected chi connectivity index (χ4v) is 0.595. The summed E-state index contributed by atoms with van der Waals surface area (Å²) in [6.07, 6.45) is 1.45. The third-order valence-corrected chi connectivity index (χ3v) is 1.24. The van der Waals surface area contributed by atoms with E-state index in [1.54, 1.807) is 0 Å². The Labute approximate surface area is 76.3 Å². The van der Waals surface area contributed by atoms with Crippen LogP contribution in [0.1, 0.15) is 0 Å². The second-order valence-corrected chi connectivity index (χ2v) is 2.14. The molecule has 0 aromatic heterocycles. The summed E-state index contributed by atoms with van der Waals surface area (Å²) in [6, 6.07) is -0.692. The van der Waals surface area contributed by atoms with E-state index in [4.69, 9.17) is 5.11 Å². The van der Waals surface area contributed by atoms with Crippen LogP contribution >= 0.6 is 0 Å². The number of nitrogens with zero attached hydrogens (tertiary/aromatic N) is 1. The van der Waals surface area contributed by atoms with E-state index in [2.05, 4.69) is 18.5 Å². The zero-order valence-electron chi connectivity index (χ0n) is 7.14. The Morgan fingerprint density at radius 3 is 2.62 bits per heavy atom. The number of carbonyl (C=O) groups is 2. The summed E-state index contributed by atoms with van der Waals surface area (Å²) in [5.41, 5.74) is 0. The van der Waals surface area contributed by atoms with Crippen molar-refractivity contribution in [2.24, 2.45) is 0 Å². The first kappa shape index (κ1) is 11.4. The van der Waals surface area contributed by atoms with Gasteiger partial charge in [-0.15, -0.1) is 6.58 Å². The molecule has 3 amide bonds. The smallest absolute Gasteiger partial charge is 0.326 e. The number of aliphatic hydroxyl groups excluding tert-OH is 1. The van der Waals surface area contributed by atoms with Gasteiger partial charge in [-0.1, -0.05) is 12.7 Å². The lowest BCUT2D eigenvalue weighted by Gasteiger charge is -2.18. The quantitative estimate of drug-likeness (QED) is 0.354. The molecule has 2 N–H and O–H groups in total. The molecule has 0 radical (unpaired) electrons. The van der Waals surface area contributed by atoms with Gasteiger partial charge < -0.3 is 10.4 Å². The van der Waals surface area contributed by atoms with Gasteiger partial charge >= 0.3 is 6.03 Å². The Morgan fingerprint density at radius 1 is 1.62 bits per heavy atom. The van der Waals surface area contributed by atoms with Crippen LogP contribution in [0.3, 0.4) is 0 Å². The van der Waals surface area contributed by atoms with Gasteiger partial charge in [0.2, 0.25) is 6.41 Å². The zero-order chi connectivity index (χ0) is 10.3. The molecule has 0 rings (SSSR count). The molecule has 72 valence electrons. The van der Waals surface area contributed by atoms with Gasteiger partial charge in [-0.2, -0.15) is 0 Å². The highest BCUT2D eigenvalue weighted by molar-refractivity contribution is 5.85. The minimum atomic E-state index is -1.30. The Bertz CT molecular complexity index is 215. The number of nitrogens with one attached hydrogen (secondary N) is 1. The first-order valence-electron chi connectivity index (χ1n) is 3.60. The molecular weight excluding hydrogens is 172 g/mol. The summed E-state index contributed by atoms with van der Waals surface area (Å²) < 4.78 is 0. The maximum atomic E-state index is 11.1. The second kappa shape index (κ2) is 5.96. The second-order valence-electron chi connectivity index (χ2n) is 2.14. The van der Waals surface area contributed by atoms with Crippen molar-refractivity contribution in [1.29, 1.82) is 0 Å². The molecule has 5 heteroatoms. The van der Waals surface area contributed by atoms with Crippen LogP contribution in [0.25, 0.3) is 0 Å². The lowest BCUT2D eigenvalue weighted by molar-refractivity contribution is -0.120. The maximum Gasteiger partial charge on any atom is 0.326 e. The van der Waals surface area contributed by atoms with Crippen molar-refractivity contribution < 1.29 is 14.7 Å². The molecule has 0 aliphatic heterocycles. The summed E-state index contributed by atoms with van der Waals surface area (Å²) in [5.74, 6) is 0. The molecular formula is C8H12N2O3. The molecule has 0 spiro atoms. The summed E-state index contributed by atoms with van der Waals surface area (Å²) in [6.45, 7) is 6.85. The minimum Gasteiger partial charge on any atom is -0.369 e. The number of urea groups is 1. The van der Waals surface area contributed by atoms with Crippen LogP contribution in [0.4, 0.5) is 4.79 Å². The number of amides is 3. The molecule has 0 aromatic rings. The average molecular weight is 184 g/mol. The van der Waals surface area contributed by atoms with Crippen LogP contribution in [0.5, 0.6) is 0 Å². The molecule has 0 saturated heterocycles. The Hall–Kier alpha value is -1.62. The zero-order valence-corrected chi connectivity index (χ0v) is 7.14. The van der Waals surface area contributed by atoms with E-state index in [9.17, 15) is 9.59 Å². The summed E-state index contributed by atoms with van der Waals surface area (Å²) in [5, 5.41) is 11.4. The van der Waals surface area contributed by atoms with Crippen molar-refractivity contribution in [2.45, 2.75) is 6.23 Å². The van der Waals surface area contributed by atoms with Crippen LogP contribution in [0, 0.1) is 0 Å². The van der Waals surface area contributed by atoms with Crippen molar-refractivity contribution in [2.75, 3.05) is 6.54 Å². The van der Waals surface area contributed by atoms with E-state index in [-0.39, 0.29) is 13.0 Å². The number of imide groups is 1. The van der Waals surface area contributed by atoms with E-state index < -0.39 is 12.3 Å². The van der Waals surface area contributed by atoms with Crippen molar-refractivity contribution >= 4 is 12.4 Å². The maximum absolute atomic E-state index is 11.1. The van der Waals surface area contributed by atoms with E-state index in [1.165, 1.54) is 6.08 Å². The SMILES string of the molecule is C=CCNC(=O)N(C=O)C(O)C=C. The molecule has 0 aromatic carbocycles. The minimum absolute atomic E-state index is 0.227. The molecule has 5 nitrogen and oxygen atoms in total. The lowest BCUT2D eigenvalue weighted by Crippen LogP contribution is -2.44. The van der Waals surface area contributed by atoms with Crippen LogP contribution < -0.4 is 5.32 Å². The molecule has 0 fully saturated rings. The first-order chi connectivity index (χ1) is 6.17. The van der Waals surface area contributed by atoms with E-state index in [1.807, 2.05) is 0 Å². The summed E-state index contributed by atoms with van der Waals surface area (Å²) in [7, 11) is 0. The van der Waals surface area contributed by atoms with Gasteiger partial charge in [-0.05, 0) is 6.08 Å². The van der Waals surface area contributed by atoms with Gasteiger partial charge in [0.25, 0.3) is 0 Å². The molecule has 0 heterocycles. The van der Waals surface area contributed by atoms with Crippen molar-refractivity contribution in [1.82, 2.24) is 10.2 Å². The molecule has 0 saturated carbocycles. The molecule has 1 unspecified atom stereocenters. The van der Waals surface area contributed by atoms with Crippen LogP contribution in [0.15, 0.2) is 25.3 Å². The van der Waals surface area contributed by atoms with Crippen molar-refractivity contribution in [3.63, 3.8) is 0 Å². The summed E-state index contributed by atoms with van der Waals surface area (Å²) in [4.78, 5) is 22.0. The normalized spacial score (nSPS) is 11.2. The summed E-state index contributed by atoms with van der Waals surface area (Å²) >= 11 is 0. The Kier molecular flexibility index (Phi) is 5.22. The predicted octanol–water partition coefficient (Wildman–Crippen LogP) is -0.155. The topological polar surface area (TPSA) is 69.6 Å². The monoisotopic (exact) mass is 184 g/mol. The number of aliphatic hydroxyl groups is 1. The van der Waals surface area contributed by atoms with Crippen molar-refractivity contribution in [3.8, 4) is 0 Å². The van der Waals surface area contributed by atoms with E-state index in [0.717, 1.165) is 6.08 Å². The molecule has 0 bridgehead atoms. The first-order valence-corrected chi connectivity index (χ1v) is 3.60. The fourth-order valence-electron chi connectivity index (χ4n) is 0.595. The number of hydrogen-bond donors (Lipinski definition) is 2. The van der Waals surface area contributed by atoms with Gasteiger partial charge in [-0.3, -0.25) is 4.79 Å². The highest BCUT2D eigenvalue weighted by atomic mass is 16.3. The van der Waals surface area contributed by atoms with Crippen LogP contribution in [0.2, 0.25) is 0 Å². The van der Waals surface area contributed by atoms with Gasteiger partial charge in [-0.25, -0.2) is 9.69 Å².